The minimum absolute atomic E-state index is 0.108. The molecule has 5 heteroatoms. The molecule has 3 N–H and O–H groups in total. The van der Waals surface area contributed by atoms with Gasteiger partial charge in [0.25, 0.3) is 11.8 Å². The first-order valence-electron chi connectivity index (χ1n) is 6.93. The second-order valence-electron chi connectivity index (χ2n) is 4.89. The van der Waals surface area contributed by atoms with E-state index in [1.54, 1.807) is 24.3 Å². The Bertz CT molecular complexity index is 656. The molecule has 114 valence electrons. The molecule has 1 unspecified atom stereocenters. The van der Waals surface area contributed by atoms with Crippen molar-refractivity contribution in [3.63, 3.8) is 0 Å². The van der Waals surface area contributed by atoms with Crippen molar-refractivity contribution in [2.45, 2.75) is 13.0 Å². The van der Waals surface area contributed by atoms with Gasteiger partial charge in [0, 0.05) is 5.56 Å². The number of primary amides is 1. The van der Waals surface area contributed by atoms with E-state index < -0.39 is 5.91 Å². The molecule has 0 aliphatic rings. The van der Waals surface area contributed by atoms with Crippen molar-refractivity contribution in [2.24, 2.45) is 5.73 Å². The number of rotatable bonds is 6. The zero-order chi connectivity index (χ0) is 15.9. The highest BCUT2D eigenvalue weighted by Gasteiger charge is 2.12. The van der Waals surface area contributed by atoms with Gasteiger partial charge in [-0.05, 0) is 30.7 Å². The van der Waals surface area contributed by atoms with Crippen molar-refractivity contribution < 1.29 is 14.3 Å². The van der Waals surface area contributed by atoms with Crippen molar-refractivity contribution in [1.29, 1.82) is 0 Å². The average molecular weight is 298 g/mol. The van der Waals surface area contributed by atoms with Crippen LogP contribution in [0.3, 0.4) is 0 Å². The Hall–Kier alpha value is -2.82. The minimum atomic E-state index is -0.562. The number of carbonyl (C=O) groups excluding carboxylic acids is 2. The van der Waals surface area contributed by atoms with Gasteiger partial charge in [0.05, 0.1) is 6.04 Å². The monoisotopic (exact) mass is 298 g/mol. The number of nitrogens with two attached hydrogens (primary N) is 1. The first kappa shape index (κ1) is 15.6. The van der Waals surface area contributed by atoms with Crippen LogP contribution in [0, 0.1) is 0 Å². The van der Waals surface area contributed by atoms with Crippen LogP contribution in [0.1, 0.15) is 28.9 Å². The van der Waals surface area contributed by atoms with Gasteiger partial charge < -0.3 is 15.8 Å². The topological polar surface area (TPSA) is 81.4 Å². The summed E-state index contributed by atoms with van der Waals surface area (Å²) in [5.74, 6) is -0.341. The number of hydrogen-bond acceptors (Lipinski definition) is 3. The van der Waals surface area contributed by atoms with E-state index in [0.717, 1.165) is 5.56 Å². The highest BCUT2D eigenvalue weighted by atomic mass is 16.5. The van der Waals surface area contributed by atoms with Gasteiger partial charge in [-0.25, -0.2) is 0 Å². The Labute approximate surface area is 129 Å². The zero-order valence-electron chi connectivity index (χ0n) is 12.3. The molecule has 1 atom stereocenters. The van der Waals surface area contributed by atoms with Gasteiger partial charge in [0.15, 0.2) is 6.61 Å². The van der Waals surface area contributed by atoms with Gasteiger partial charge in [0.2, 0.25) is 0 Å². The molecule has 2 aromatic carbocycles. The van der Waals surface area contributed by atoms with Crippen LogP contribution in [0.15, 0.2) is 54.6 Å². The maximum atomic E-state index is 12.3. The Kier molecular flexibility index (Phi) is 5.14. The Balaban J connectivity index is 2.03. The predicted molar refractivity (Wildman–Crippen MR) is 83.5 cm³/mol. The second-order valence-corrected chi connectivity index (χ2v) is 4.89. The number of amides is 2. The maximum absolute atomic E-state index is 12.3. The third-order valence-corrected chi connectivity index (χ3v) is 3.12. The van der Waals surface area contributed by atoms with Gasteiger partial charge in [-0.1, -0.05) is 36.4 Å². The summed E-state index contributed by atoms with van der Waals surface area (Å²) >= 11 is 0. The number of benzene rings is 2. The quantitative estimate of drug-likeness (QED) is 0.856. The Morgan fingerprint density at radius 2 is 1.86 bits per heavy atom. The molecule has 0 radical (unpaired) electrons. The van der Waals surface area contributed by atoms with Crippen LogP contribution in [0.25, 0.3) is 0 Å². The fraction of sp³-hybridized carbons (Fsp3) is 0.176. The van der Waals surface area contributed by atoms with Gasteiger partial charge in [-0.15, -0.1) is 0 Å². The predicted octanol–water partition coefficient (Wildman–Crippen LogP) is 2.04. The molecule has 0 aliphatic carbocycles. The van der Waals surface area contributed by atoms with Crippen molar-refractivity contribution in [1.82, 2.24) is 5.32 Å². The summed E-state index contributed by atoms with van der Waals surface area (Å²) in [5.41, 5.74) is 6.51. The summed E-state index contributed by atoms with van der Waals surface area (Å²) in [7, 11) is 0. The molecule has 2 aromatic rings. The minimum Gasteiger partial charge on any atom is -0.484 e. The van der Waals surface area contributed by atoms with Crippen LogP contribution in [0.5, 0.6) is 5.75 Å². The van der Waals surface area contributed by atoms with Crippen LogP contribution < -0.4 is 15.8 Å². The molecule has 0 heterocycles. The summed E-state index contributed by atoms with van der Waals surface area (Å²) in [5, 5.41) is 2.92. The van der Waals surface area contributed by atoms with Crippen LogP contribution in [-0.2, 0) is 4.79 Å². The highest BCUT2D eigenvalue weighted by Crippen LogP contribution is 2.16. The number of hydrogen-bond donors (Lipinski definition) is 2. The molecule has 2 amide bonds. The lowest BCUT2D eigenvalue weighted by molar-refractivity contribution is -0.119. The van der Waals surface area contributed by atoms with E-state index in [-0.39, 0.29) is 18.6 Å². The van der Waals surface area contributed by atoms with Crippen molar-refractivity contribution in [3.8, 4) is 5.75 Å². The molecular formula is C17H18N2O3. The van der Waals surface area contributed by atoms with Gasteiger partial charge in [-0.3, -0.25) is 9.59 Å². The van der Waals surface area contributed by atoms with Crippen molar-refractivity contribution in [2.75, 3.05) is 6.61 Å². The van der Waals surface area contributed by atoms with Gasteiger partial charge in [0.1, 0.15) is 5.75 Å². The first-order chi connectivity index (χ1) is 10.6. The van der Waals surface area contributed by atoms with E-state index in [9.17, 15) is 9.59 Å². The normalized spacial score (nSPS) is 11.5. The van der Waals surface area contributed by atoms with Gasteiger partial charge >= 0.3 is 0 Å². The average Bonchev–Trinajstić information content (AvgIpc) is 2.54. The number of carbonyl (C=O) groups is 2. The lowest BCUT2D eigenvalue weighted by Crippen LogP contribution is -2.26. The molecule has 0 saturated heterocycles. The standard InChI is InChI=1S/C17H18N2O3/c1-12(13-6-3-2-4-7-13)19-17(21)14-8-5-9-15(10-14)22-11-16(18)20/h2-10,12H,11H2,1H3,(H2,18,20)(H,19,21). The summed E-state index contributed by atoms with van der Waals surface area (Å²) < 4.78 is 5.19. The number of nitrogens with one attached hydrogen (secondary N) is 1. The second kappa shape index (κ2) is 7.26. The molecule has 0 spiro atoms. The SMILES string of the molecule is CC(NC(=O)c1cccc(OCC(N)=O)c1)c1ccccc1. The maximum Gasteiger partial charge on any atom is 0.255 e. The lowest BCUT2D eigenvalue weighted by atomic mass is 10.1. The molecule has 0 bridgehead atoms. The van der Waals surface area contributed by atoms with E-state index in [2.05, 4.69) is 5.32 Å². The fourth-order valence-electron chi connectivity index (χ4n) is 1.99. The van der Waals surface area contributed by atoms with Crippen LogP contribution >= 0.6 is 0 Å². The van der Waals surface area contributed by atoms with Crippen molar-refractivity contribution >= 4 is 11.8 Å². The Morgan fingerprint density at radius 3 is 2.55 bits per heavy atom. The van der Waals surface area contributed by atoms with Crippen LogP contribution in [0.2, 0.25) is 0 Å². The molecule has 0 aliphatic heterocycles. The van der Waals surface area contributed by atoms with Crippen LogP contribution in [0.4, 0.5) is 0 Å². The van der Waals surface area contributed by atoms with E-state index in [0.29, 0.717) is 11.3 Å². The third kappa shape index (κ3) is 4.34. The van der Waals surface area contributed by atoms with E-state index in [1.165, 1.54) is 0 Å². The molecule has 0 saturated carbocycles. The highest BCUT2D eigenvalue weighted by molar-refractivity contribution is 5.94. The third-order valence-electron chi connectivity index (χ3n) is 3.12. The molecule has 5 nitrogen and oxygen atoms in total. The Morgan fingerprint density at radius 1 is 1.14 bits per heavy atom. The lowest BCUT2D eigenvalue weighted by Gasteiger charge is -2.14. The molecular weight excluding hydrogens is 280 g/mol. The summed E-state index contributed by atoms with van der Waals surface area (Å²) in [4.78, 5) is 23.0. The van der Waals surface area contributed by atoms with E-state index >= 15 is 0 Å². The fourth-order valence-corrected chi connectivity index (χ4v) is 1.99. The summed E-state index contributed by atoms with van der Waals surface area (Å²) in [6, 6.07) is 16.2. The van der Waals surface area contributed by atoms with Gasteiger partial charge in [-0.2, -0.15) is 0 Å². The molecule has 22 heavy (non-hydrogen) atoms. The number of ether oxygens (including phenoxy) is 1. The smallest absolute Gasteiger partial charge is 0.255 e. The molecule has 0 aromatic heterocycles. The van der Waals surface area contributed by atoms with E-state index in [1.807, 2.05) is 37.3 Å². The summed E-state index contributed by atoms with van der Waals surface area (Å²) in [6.45, 7) is 1.70. The largest absolute Gasteiger partial charge is 0.484 e. The molecule has 2 rings (SSSR count). The zero-order valence-corrected chi connectivity index (χ0v) is 12.3. The molecule has 0 fully saturated rings. The van der Waals surface area contributed by atoms with Crippen LogP contribution in [-0.4, -0.2) is 18.4 Å². The van der Waals surface area contributed by atoms with Crippen molar-refractivity contribution in [3.05, 3.63) is 65.7 Å². The van der Waals surface area contributed by atoms with E-state index in [4.69, 9.17) is 10.5 Å². The summed E-state index contributed by atoms with van der Waals surface area (Å²) in [6.07, 6.45) is 0. The first-order valence-corrected chi connectivity index (χ1v) is 6.93.